The molecule has 0 aromatic carbocycles. The Kier molecular flexibility index (Phi) is 53.6. The largest absolute Gasteiger partial charge is 0.462 e. The average Bonchev–Trinajstić information content (AvgIpc) is 3.37. The van der Waals surface area contributed by atoms with Crippen molar-refractivity contribution in [3.63, 3.8) is 0 Å². The van der Waals surface area contributed by atoms with Gasteiger partial charge in [0.05, 0.1) is 0 Å². The lowest BCUT2D eigenvalue weighted by atomic mass is 10.1. The van der Waals surface area contributed by atoms with Crippen molar-refractivity contribution < 1.29 is 28.6 Å². The summed E-state index contributed by atoms with van der Waals surface area (Å²) >= 11 is 0. The molecule has 0 saturated heterocycles. The zero-order valence-electron chi connectivity index (χ0n) is 45.2. The first-order chi connectivity index (χ1) is 35.0. The van der Waals surface area contributed by atoms with Gasteiger partial charge in [-0.2, -0.15) is 0 Å². The van der Waals surface area contributed by atoms with Crippen LogP contribution in [0.2, 0.25) is 0 Å². The molecule has 0 aliphatic carbocycles. The van der Waals surface area contributed by atoms with Crippen molar-refractivity contribution in [3.8, 4) is 0 Å². The van der Waals surface area contributed by atoms with Crippen LogP contribution in [-0.4, -0.2) is 37.2 Å². The maximum atomic E-state index is 12.8. The van der Waals surface area contributed by atoms with Crippen molar-refractivity contribution in [3.05, 3.63) is 158 Å². The van der Waals surface area contributed by atoms with Gasteiger partial charge in [0.15, 0.2) is 6.10 Å². The topological polar surface area (TPSA) is 78.9 Å². The van der Waals surface area contributed by atoms with Crippen LogP contribution in [0.5, 0.6) is 0 Å². The van der Waals surface area contributed by atoms with Crippen molar-refractivity contribution in [1.82, 2.24) is 0 Å². The van der Waals surface area contributed by atoms with E-state index in [-0.39, 0.29) is 37.5 Å². The molecule has 0 aliphatic rings. The third-order valence-corrected chi connectivity index (χ3v) is 11.0. The molecule has 71 heavy (non-hydrogen) atoms. The van der Waals surface area contributed by atoms with Crippen LogP contribution in [0.25, 0.3) is 0 Å². The molecule has 6 nitrogen and oxygen atoms in total. The van der Waals surface area contributed by atoms with Crippen LogP contribution in [0.3, 0.4) is 0 Å². The summed E-state index contributed by atoms with van der Waals surface area (Å²) in [5.41, 5.74) is 0. The van der Waals surface area contributed by atoms with Gasteiger partial charge in [0.25, 0.3) is 0 Å². The third kappa shape index (κ3) is 55.8. The lowest BCUT2D eigenvalue weighted by molar-refractivity contribution is -0.167. The fourth-order valence-electron chi connectivity index (χ4n) is 6.92. The van der Waals surface area contributed by atoms with E-state index in [0.717, 1.165) is 167 Å². The zero-order chi connectivity index (χ0) is 51.4. The third-order valence-electron chi connectivity index (χ3n) is 11.0. The Labute approximate surface area is 435 Å². The number of allylic oxidation sites excluding steroid dienone is 26. The van der Waals surface area contributed by atoms with Gasteiger partial charge < -0.3 is 14.2 Å². The lowest BCUT2D eigenvalue weighted by Gasteiger charge is -2.18. The summed E-state index contributed by atoms with van der Waals surface area (Å²) in [5.74, 6) is -1.01. The average molecular weight is 978 g/mol. The van der Waals surface area contributed by atoms with Crippen LogP contribution in [-0.2, 0) is 28.6 Å². The lowest BCUT2D eigenvalue weighted by Crippen LogP contribution is -2.30. The molecular formula is C65H100O6. The minimum Gasteiger partial charge on any atom is -0.462 e. The molecule has 0 aromatic heterocycles. The van der Waals surface area contributed by atoms with Gasteiger partial charge in [-0.05, 0) is 141 Å². The molecular weight excluding hydrogens is 877 g/mol. The van der Waals surface area contributed by atoms with E-state index in [1.54, 1.807) is 0 Å². The van der Waals surface area contributed by atoms with Crippen LogP contribution in [0.15, 0.2) is 158 Å². The van der Waals surface area contributed by atoms with Crippen LogP contribution in [0, 0.1) is 0 Å². The van der Waals surface area contributed by atoms with Gasteiger partial charge in [0.2, 0.25) is 0 Å². The monoisotopic (exact) mass is 977 g/mol. The number of hydrogen-bond donors (Lipinski definition) is 0. The van der Waals surface area contributed by atoms with Crippen LogP contribution < -0.4 is 0 Å². The molecule has 0 aromatic rings. The van der Waals surface area contributed by atoms with E-state index in [1.807, 2.05) is 0 Å². The van der Waals surface area contributed by atoms with Gasteiger partial charge >= 0.3 is 17.9 Å². The summed E-state index contributed by atoms with van der Waals surface area (Å²) in [6.07, 6.45) is 83.7. The first-order valence-corrected chi connectivity index (χ1v) is 28.0. The predicted molar refractivity (Wildman–Crippen MR) is 306 cm³/mol. The van der Waals surface area contributed by atoms with Gasteiger partial charge in [-0.3, -0.25) is 14.4 Å². The Morgan fingerprint density at radius 2 is 0.507 bits per heavy atom. The van der Waals surface area contributed by atoms with Crippen LogP contribution in [0.1, 0.15) is 213 Å². The second-order valence-corrected chi connectivity index (χ2v) is 17.7. The fourth-order valence-corrected chi connectivity index (χ4v) is 6.92. The summed E-state index contributed by atoms with van der Waals surface area (Å²) in [7, 11) is 0. The maximum Gasteiger partial charge on any atom is 0.306 e. The minimum atomic E-state index is -0.825. The second kappa shape index (κ2) is 57.6. The zero-order valence-corrected chi connectivity index (χ0v) is 45.2. The molecule has 0 radical (unpaired) electrons. The maximum absolute atomic E-state index is 12.8. The van der Waals surface area contributed by atoms with Gasteiger partial charge in [-0.1, -0.05) is 211 Å². The highest BCUT2D eigenvalue weighted by molar-refractivity contribution is 5.71. The predicted octanol–water partition coefficient (Wildman–Crippen LogP) is 19.0. The number of ether oxygens (including phenoxy) is 3. The molecule has 0 rings (SSSR count). The summed E-state index contributed by atoms with van der Waals surface area (Å²) in [4.78, 5) is 38.1. The van der Waals surface area contributed by atoms with E-state index in [0.29, 0.717) is 19.3 Å². The quantitative estimate of drug-likeness (QED) is 0.0262. The van der Waals surface area contributed by atoms with E-state index in [9.17, 15) is 14.4 Å². The Bertz CT molecular complexity index is 1640. The normalized spacial score (nSPS) is 13.3. The SMILES string of the molecule is CC/C=C\C/C=C\C/C=C\C/C=C\C/C=C\CCCCCCCC(=O)OCC(COC(=O)CCCCC/C=C\C/C=C\C/C=C\CC)OC(=O)CCCCC/C=C\C/C=C\C/C=C\C/C=C\C/C=C\CC. The molecule has 0 aliphatic heterocycles. The number of carbonyl (C=O) groups excluding carboxylic acids is 3. The number of rotatable bonds is 48. The number of esters is 3. The molecule has 396 valence electrons. The number of unbranched alkanes of at least 4 members (excludes halogenated alkanes) is 11. The minimum absolute atomic E-state index is 0.119. The Balaban J connectivity index is 4.54. The highest BCUT2D eigenvalue weighted by Crippen LogP contribution is 2.12. The molecule has 1 unspecified atom stereocenters. The first kappa shape index (κ1) is 66.0. The molecule has 0 N–H and O–H groups in total. The summed E-state index contributed by atoms with van der Waals surface area (Å²) in [6.45, 7) is 6.20. The van der Waals surface area contributed by atoms with Crippen LogP contribution in [0.4, 0.5) is 0 Å². The molecule has 0 heterocycles. The Morgan fingerprint density at radius 3 is 0.803 bits per heavy atom. The van der Waals surface area contributed by atoms with Crippen molar-refractivity contribution in [1.29, 1.82) is 0 Å². The summed E-state index contributed by atoms with van der Waals surface area (Å²) in [6, 6.07) is 0. The van der Waals surface area contributed by atoms with E-state index in [4.69, 9.17) is 14.2 Å². The fraction of sp³-hybridized carbons (Fsp3) is 0.554. The van der Waals surface area contributed by atoms with Crippen molar-refractivity contribution in [2.24, 2.45) is 0 Å². The van der Waals surface area contributed by atoms with Gasteiger partial charge in [-0.25, -0.2) is 0 Å². The van der Waals surface area contributed by atoms with Crippen molar-refractivity contribution in [2.75, 3.05) is 13.2 Å². The van der Waals surface area contributed by atoms with Crippen molar-refractivity contribution >= 4 is 17.9 Å². The molecule has 0 spiro atoms. The Morgan fingerprint density at radius 1 is 0.282 bits per heavy atom. The van der Waals surface area contributed by atoms with E-state index < -0.39 is 6.10 Å². The molecule has 0 amide bonds. The van der Waals surface area contributed by atoms with Gasteiger partial charge in [-0.15, -0.1) is 0 Å². The second-order valence-electron chi connectivity index (χ2n) is 17.7. The van der Waals surface area contributed by atoms with Gasteiger partial charge in [0, 0.05) is 19.3 Å². The van der Waals surface area contributed by atoms with E-state index in [2.05, 4.69) is 179 Å². The van der Waals surface area contributed by atoms with E-state index in [1.165, 1.54) is 0 Å². The van der Waals surface area contributed by atoms with Crippen molar-refractivity contribution in [2.45, 2.75) is 219 Å². The van der Waals surface area contributed by atoms with E-state index >= 15 is 0 Å². The Hall–Kier alpha value is -4.97. The summed E-state index contributed by atoms with van der Waals surface area (Å²) < 4.78 is 16.8. The standard InChI is InChI=1S/C65H100O6/c1-4-7-10-13-16-19-22-25-27-29-31-32-34-35-37-40-43-46-49-52-55-58-64(67)70-61-62(60-69-63(66)57-54-51-48-45-42-39-24-21-18-15-12-9-6-3)71-65(68)59-56-53-50-47-44-41-38-36-33-30-28-26-23-20-17-14-11-8-5-2/h7-12,16-21,25-28,31-33,35-37,39,41-42,44,62H,4-6,13-15,22-24,29-30,34,38,40,43,45-61H2,1-3H3/b10-7-,11-8-,12-9-,19-16-,20-17-,21-18-,27-25-,28-26-,32-31-,36-33-,37-35-,42-39-,44-41-. The highest BCUT2D eigenvalue weighted by Gasteiger charge is 2.19. The van der Waals surface area contributed by atoms with Gasteiger partial charge in [0.1, 0.15) is 13.2 Å². The number of hydrogen-bond acceptors (Lipinski definition) is 6. The highest BCUT2D eigenvalue weighted by atomic mass is 16.6. The number of carbonyl (C=O) groups is 3. The molecule has 0 saturated carbocycles. The summed E-state index contributed by atoms with van der Waals surface area (Å²) in [5, 5.41) is 0. The molecule has 0 fully saturated rings. The smallest absolute Gasteiger partial charge is 0.306 e. The van der Waals surface area contributed by atoms with Crippen LogP contribution >= 0.6 is 0 Å². The molecule has 6 heteroatoms. The first-order valence-electron chi connectivity index (χ1n) is 28.0. The molecule has 1 atom stereocenters. The molecule has 0 bridgehead atoms.